The number of hydrogen-bond acceptors (Lipinski definition) is 10. The van der Waals surface area contributed by atoms with Crippen LogP contribution in [0.25, 0.3) is 11.1 Å². The van der Waals surface area contributed by atoms with Crippen LogP contribution in [0.15, 0.2) is 65.8 Å². The molecule has 0 aliphatic heterocycles. The van der Waals surface area contributed by atoms with Gasteiger partial charge in [-0.15, -0.1) is 11.8 Å². The molecule has 5 rings (SSSR count). The molecular weight excluding hydrogens is 654 g/mol. The van der Waals surface area contributed by atoms with Crippen molar-refractivity contribution in [3.05, 3.63) is 77.1 Å². The van der Waals surface area contributed by atoms with Crippen molar-refractivity contribution in [3.8, 4) is 16.9 Å². The molecule has 0 bridgehead atoms. The molecule has 0 spiro atoms. The number of amides is 1. The van der Waals surface area contributed by atoms with Gasteiger partial charge in [0.05, 0.1) is 12.7 Å². The topological polar surface area (TPSA) is 156 Å². The van der Waals surface area contributed by atoms with E-state index in [9.17, 15) is 25.2 Å². The molecule has 260 valence electrons. The monoisotopic (exact) mass is 699 g/mol. The molecule has 0 saturated heterocycles. The van der Waals surface area contributed by atoms with E-state index in [-0.39, 0.29) is 5.54 Å². The Bertz CT molecular complexity index is 1520. The average molecular weight is 700 g/mol. The Labute approximate surface area is 291 Å². The first-order chi connectivity index (χ1) is 23.1. The molecule has 2 saturated carbocycles. The maximum absolute atomic E-state index is 12.4. The lowest BCUT2D eigenvalue weighted by atomic mass is 9.94. The van der Waals surface area contributed by atoms with E-state index in [1.54, 1.807) is 11.8 Å². The third-order valence-electron chi connectivity index (χ3n) is 9.01. The van der Waals surface area contributed by atoms with E-state index in [0.717, 1.165) is 76.6 Å². The summed E-state index contributed by atoms with van der Waals surface area (Å²) in [6.45, 7) is 0.183. The predicted octanol–water partition coefficient (Wildman–Crippen LogP) is 3.88. The Morgan fingerprint density at radius 1 is 1.06 bits per heavy atom. The number of ether oxygens (including phenoxy) is 1. The molecule has 2 aromatic carbocycles. The van der Waals surface area contributed by atoms with Crippen LogP contribution < -0.4 is 10.1 Å². The molecule has 2 aliphatic carbocycles. The van der Waals surface area contributed by atoms with E-state index in [2.05, 4.69) is 40.6 Å². The summed E-state index contributed by atoms with van der Waals surface area (Å²) in [6, 6.07) is 16.4. The van der Waals surface area contributed by atoms with Crippen LogP contribution in [0, 0.1) is 0 Å². The van der Waals surface area contributed by atoms with E-state index < -0.39 is 36.9 Å². The van der Waals surface area contributed by atoms with Gasteiger partial charge in [0.15, 0.2) is 6.10 Å². The van der Waals surface area contributed by atoms with Gasteiger partial charge in [-0.2, -0.15) is 0 Å². The second-order valence-corrected chi connectivity index (χ2v) is 14.3. The quantitative estimate of drug-likeness (QED) is 0.0803. The molecule has 48 heavy (non-hydrogen) atoms. The summed E-state index contributed by atoms with van der Waals surface area (Å²) in [4.78, 5) is 19.3. The number of carbonyl (C=O) groups is 1. The fourth-order valence-corrected chi connectivity index (χ4v) is 6.86. The Morgan fingerprint density at radius 2 is 1.83 bits per heavy atom. The molecule has 10 nitrogen and oxygen atoms in total. The van der Waals surface area contributed by atoms with E-state index >= 15 is 0 Å². The number of nitrogens with zero attached hydrogens (tertiary/aromatic N) is 2. The summed E-state index contributed by atoms with van der Waals surface area (Å²) < 4.78 is 6.25. The van der Waals surface area contributed by atoms with Crippen molar-refractivity contribution < 1.29 is 35.1 Å². The third kappa shape index (κ3) is 9.28. The van der Waals surface area contributed by atoms with Gasteiger partial charge in [0.2, 0.25) is 0 Å². The molecule has 0 radical (unpaired) electrons. The maximum atomic E-state index is 12.4. The number of likely N-dealkylation sites (N-methyl/N-ethyl adjacent to an activating group) is 1. The minimum Gasteiger partial charge on any atom is -0.490 e. The van der Waals surface area contributed by atoms with Crippen molar-refractivity contribution in [2.45, 2.75) is 92.4 Å². The van der Waals surface area contributed by atoms with Gasteiger partial charge in [-0.05, 0) is 91.3 Å². The van der Waals surface area contributed by atoms with E-state index in [1.807, 2.05) is 30.6 Å². The zero-order valence-electron chi connectivity index (χ0n) is 27.2. The Balaban J connectivity index is 1.10. The minimum absolute atomic E-state index is 0.175. The molecule has 2 aliphatic rings. The molecule has 4 atom stereocenters. The van der Waals surface area contributed by atoms with Crippen LogP contribution in [0.1, 0.15) is 56.1 Å². The molecule has 1 amide bonds. The fourth-order valence-electron chi connectivity index (χ4n) is 5.70. The van der Waals surface area contributed by atoms with E-state index in [1.165, 1.54) is 17.5 Å². The fraction of sp³-hybridized carbons (Fsp3) is 0.500. The smallest absolute Gasteiger partial charge is 0.253 e. The summed E-state index contributed by atoms with van der Waals surface area (Å²) >= 11 is 8.40. The van der Waals surface area contributed by atoms with Crippen molar-refractivity contribution in [1.29, 1.82) is 0 Å². The summed E-state index contributed by atoms with van der Waals surface area (Å²) in [5.74, 6) is 1.04. The van der Waals surface area contributed by atoms with E-state index in [0.29, 0.717) is 25.6 Å². The van der Waals surface area contributed by atoms with Crippen molar-refractivity contribution in [2.75, 3.05) is 26.0 Å². The van der Waals surface area contributed by atoms with Crippen LogP contribution in [0.2, 0.25) is 5.02 Å². The third-order valence-corrected chi connectivity index (χ3v) is 10.5. The number of nitrogens with one attached hydrogen (secondary N) is 1. The largest absolute Gasteiger partial charge is 0.490 e. The number of aromatic nitrogens is 1. The first-order valence-corrected chi connectivity index (χ1v) is 17.9. The van der Waals surface area contributed by atoms with Crippen LogP contribution >= 0.6 is 23.4 Å². The molecule has 1 aromatic heterocycles. The highest BCUT2D eigenvalue weighted by Crippen LogP contribution is 2.50. The normalized spacial score (nSPS) is 17.7. The lowest BCUT2D eigenvalue weighted by Gasteiger charge is -2.28. The predicted molar refractivity (Wildman–Crippen MR) is 186 cm³/mol. The molecule has 1 heterocycles. The number of rotatable bonds is 19. The molecular formula is C36H46ClN3O7S. The van der Waals surface area contributed by atoms with Crippen molar-refractivity contribution >= 4 is 29.3 Å². The van der Waals surface area contributed by atoms with Gasteiger partial charge < -0.3 is 40.5 Å². The highest BCUT2D eigenvalue weighted by atomic mass is 35.5. The SMILES string of the molecule is CN(CCCCCSc1ccc(Cl)c(CNC2(c3cnccc3-c3ccccc3OC3CC3)CC2)c1)C(=O)C(O)C(O)C(O)C(O)CO. The summed E-state index contributed by atoms with van der Waals surface area (Å²) in [6.07, 6.45) is 3.51. The van der Waals surface area contributed by atoms with E-state index in [4.69, 9.17) is 21.4 Å². The zero-order chi connectivity index (χ0) is 34.3. The lowest BCUT2D eigenvalue weighted by molar-refractivity contribution is -0.157. The zero-order valence-corrected chi connectivity index (χ0v) is 28.7. The summed E-state index contributed by atoms with van der Waals surface area (Å²) in [7, 11) is 1.51. The highest BCUT2D eigenvalue weighted by Gasteiger charge is 2.46. The molecule has 3 aromatic rings. The Morgan fingerprint density at radius 3 is 2.56 bits per heavy atom. The number of para-hydroxylation sites is 1. The van der Waals surface area contributed by atoms with Gasteiger partial charge >= 0.3 is 0 Å². The van der Waals surface area contributed by atoms with Gasteiger partial charge in [0.25, 0.3) is 5.91 Å². The van der Waals surface area contributed by atoms with Gasteiger partial charge in [-0.25, -0.2) is 0 Å². The summed E-state index contributed by atoms with van der Waals surface area (Å²) in [5.41, 5.74) is 4.27. The number of unbranched alkanes of at least 4 members (excludes halogenated alkanes) is 2. The van der Waals surface area contributed by atoms with Crippen LogP contribution in [0.3, 0.4) is 0 Å². The van der Waals surface area contributed by atoms with Crippen LogP contribution in [0.5, 0.6) is 5.75 Å². The van der Waals surface area contributed by atoms with Crippen molar-refractivity contribution in [2.24, 2.45) is 0 Å². The number of thioether (sulfide) groups is 1. The first kappa shape index (κ1) is 36.5. The van der Waals surface area contributed by atoms with Gasteiger partial charge in [-0.1, -0.05) is 36.2 Å². The standard InChI is InChI=1S/C36H46ClN3O7S/c1-40(35(46)34(45)33(44)32(43)30(42)22-41)17-5-2-6-18-48-25-11-12-29(37)23(19-25)20-39-36(14-15-36)28-21-38-16-13-26(28)27-7-3-4-8-31(27)47-24-9-10-24/h3-4,7-8,11-13,16,19,21,24,30,32-34,39,41-45H,2,5-6,9-10,14-15,17-18,20,22H2,1H3. The number of pyridine rings is 1. The van der Waals surface area contributed by atoms with Gasteiger partial charge in [0, 0.05) is 53.6 Å². The van der Waals surface area contributed by atoms with Crippen LogP contribution in [0.4, 0.5) is 0 Å². The van der Waals surface area contributed by atoms with Gasteiger partial charge in [-0.3, -0.25) is 9.78 Å². The summed E-state index contributed by atoms with van der Waals surface area (Å²) in [5, 5.41) is 52.8. The lowest BCUT2D eigenvalue weighted by Crippen LogP contribution is -2.52. The molecule has 6 N–H and O–H groups in total. The maximum Gasteiger partial charge on any atom is 0.253 e. The van der Waals surface area contributed by atoms with Gasteiger partial charge in [0.1, 0.15) is 24.1 Å². The molecule has 12 heteroatoms. The van der Waals surface area contributed by atoms with Crippen molar-refractivity contribution in [3.63, 3.8) is 0 Å². The number of carbonyl (C=O) groups excluding carboxylic acids is 1. The molecule has 2 fully saturated rings. The van der Waals surface area contributed by atoms with Crippen molar-refractivity contribution in [1.82, 2.24) is 15.2 Å². The Kier molecular flexibility index (Phi) is 12.8. The first-order valence-electron chi connectivity index (χ1n) is 16.6. The second-order valence-electron chi connectivity index (χ2n) is 12.8. The number of aliphatic hydroxyl groups is 5. The minimum atomic E-state index is -1.91. The number of aliphatic hydroxyl groups excluding tert-OH is 5. The van der Waals surface area contributed by atoms with Crippen LogP contribution in [-0.2, 0) is 16.9 Å². The second kappa shape index (κ2) is 16.8. The highest BCUT2D eigenvalue weighted by molar-refractivity contribution is 7.99. The molecule has 4 unspecified atom stereocenters. The number of hydrogen-bond donors (Lipinski definition) is 6. The number of benzene rings is 2. The Hall–Kier alpha value is -2.74. The van der Waals surface area contributed by atoms with Crippen LogP contribution in [-0.4, -0.2) is 97.8 Å². The average Bonchev–Trinajstić information content (AvgIpc) is 4.06. The number of halogens is 1.